The lowest BCUT2D eigenvalue weighted by Crippen LogP contribution is -2.39. The van der Waals surface area contributed by atoms with E-state index >= 15 is 0 Å². The number of piperidine rings is 2. The maximum atomic E-state index is 6.43. The van der Waals surface area contributed by atoms with E-state index in [1.165, 1.54) is 37.8 Å². The smallest absolute Gasteiger partial charge is 0.166 e. The average Bonchev–Trinajstić information content (AvgIpc) is 2.56. The van der Waals surface area contributed by atoms with Gasteiger partial charge in [-0.05, 0) is 51.9 Å². The minimum absolute atomic E-state index is 0.261. The summed E-state index contributed by atoms with van der Waals surface area (Å²) in [4.78, 5) is 2.35. The van der Waals surface area contributed by atoms with Crippen molar-refractivity contribution in [3.63, 3.8) is 0 Å². The van der Waals surface area contributed by atoms with Crippen LogP contribution < -0.4 is 14.8 Å². The standard InChI is InChI=1S/C18H28N2O2/c1-20-12-6-7-14(13-20)22-18-15(8-5-10-17(18)21-2)16-9-3-4-11-19-16/h5,8,10,14,16,19H,3-4,6-7,9,11-13H2,1-2H3. The lowest BCUT2D eigenvalue weighted by Gasteiger charge is -2.32. The number of hydrogen-bond donors (Lipinski definition) is 1. The highest BCUT2D eigenvalue weighted by molar-refractivity contribution is 5.48. The Kier molecular flexibility index (Phi) is 5.21. The molecule has 122 valence electrons. The van der Waals surface area contributed by atoms with E-state index in [9.17, 15) is 0 Å². The molecule has 2 aliphatic rings. The number of hydrogen-bond acceptors (Lipinski definition) is 4. The largest absolute Gasteiger partial charge is 0.493 e. The third-order valence-corrected chi connectivity index (χ3v) is 4.78. The molecule has 0 aromatic heterocycles. The highest BCUT2D eigenvalue weighted by Gasteiger charge is 2.25. The maximum Gasteiger partial charge on any atom is 0.166 e. The van der Waals surface area contributed by atoms with E-state index in [0.717, 1.165) is 31.0 Å². The Morgan fingerprint density at radius 2 is 2.09 bits per heavy atom. The Labute approximate surface area is 133 Å². The van der Waals surface area contributed by atoms with Gasteiger partial charge in [-0.3, -0.25) is 0 Å². The van der Waals surface area contributed by atoms with Gasteiger partial charge in [-0.1, -0.05) is 18.6 Å². The normalized spacial score (nSPS) is 26.6. The van der Waals surface area contributed by atoms with Crippen LogP contribution in [0.25, 0.3) is 0 Å². The molecular weight excluding hydrogens is 276 g/mol. The van der Waals surface area contributed by atoms with Crippen LogP contribution in [0.5, 0.6) is 11.5 Å². The molecule has 0 radical (unpaired) electrons. The van der Waals surface area contributed by atoms with Crippen molar-refractivity contribution < 1.29 is 9.47 Å². The molecule has 2 fully saturated rings. The van der Waals surface area contributed by atoms with E-state index in [1.54, 1.807) is 7.11 Å². The maximum absolute atomic E-state index is 6.43. The van der Waals surface area contributed by atoms with Crippen molar-refractivity contribution in [2.24, 2.45) is 0 Å². The summed E-state index contributed by atoms with van der Waals surface area (Å²) in [6.07, 6.45) is 6.31. The molecule has 0 aliphatic carbocycles. The first-order valence-electron chi connectivity index (χ1n) is 8.53. The number of likely N-dealkylation sites (tertiary alicyclic amines) is 1. The van der Waals surface area contributed by atoms with Crippen LogP contribution in [0.2, 0.25) is 0 Å². The summed E-state index contributed by atoms with van der Waals surface area (Å²) in [5.74, 6) is 1.81. The molecule has 1 aromatic carbocycles. The number of nitrogens with zero attached hydrogens (tertiary/aromatic N) is 1. The first-order valence-corrected chi connectivity index (χ1v) is 8.53. The number of benzene rings is 1. The van der Waals surface area contributed by atoms with Crippen molar-refractivity contribution in [2.45, 2.75) is 44.2 Å². The van der Waals surface area contributed by atoms with Crippen LogP contribution in [0.3, 0.4) is 0 Å². The summed E-state index contributed by atoms with van der Waals surface area (Å²) in [5, 5.41) is 3.63. The number of rotatable bonds is 4. The van der Waals surface area contributed by atoms with Crippen LogP contribution in [0, 0.1) is 0 Å². The number of likely N-dealkylation sites (N-methyl/N-ethyl adjacent to an activating group) is 1. The number of nitrogens with one attached hydrogen (secondary N) is 1. The monoisotopic (exact) mass is 304 g/mol. The van der Waals surface area contributed by atoms with E-state index in [-0.39, 0.29) is 6.10 Å². The number of para-hydroxylation sites is 1. The average molecular weight is 304 g/mol. The van der Waals surface area contributed by atoms with Crippen LogP contribution in [0.15, 0.2) is 18.2 Å². The van der Waals surface area contributed by atoms with Crippen LogP contribution >= 0.6 is 0 Å². The predicted molar refractivity (Wildman–Crippen MR) is 88.7 cm³/mol. The molecule has 0 bridgehead atoms. The van der Waals surface area contributed by atoms with Crippen molar-refractivity contribution in [1.82, 2.24) is 10.2 Å². The molecule has 0 spiro atoms. The molecule has 4 nitrogen and oxygen atoms in total. The van der Waals surface area contributed by atoms with Gasteiger partial charge in [0.25, 0.3) is 0 Å². The summed E-state index contributed by atoms with van der Waals surface area (Å²) < 4.78 is 12.0. The van der Waals surface area contributed by atoms with Gasteiger partial charge in [-0.25, -0.2) is 0 Å². The fourth-order valence-corrected chi connectivity index (χ4v) is 3.59. The molecule has 2 aliphatic heterocycles. The SMILES string of the molecule is COc1cccc(C2CCCCN2)c1OC1CCCN(C)C1. The fraction of sp³-hybridized carbons (Fsp3) is 0.667. The molecule has 2 unspecified atom stereocenters. The molecule has 2 heterocycles. The van der Waals surface area contributed by atoms with Crippen molar-refractivity contribution in [3.05, 3.63) is 23.8 Å². The number of ether oxygens (including phenoxy) is 2. The van der Waals surface area contributed by atoms with Crippen molar-refractivity contribution in [2.75, 3.05) is 33.8 Å². The minimum Gasteiger partial charge on any atom is -0.493 e. The summed E-state index contributed by atoms with van der Waals surface area (Å²) in [7, 11) is 3.90. The Hall–Kier alpha value is -1.26. The van der Waals surface area contributed by atoms with E-state index in [2.05, 4.69) is 29.4 Å². The molecule has 4 heteroatoms. The summed E-state index contributed by atoms with van der Waals surface area (Å²) in [6, 6.07) is 6.66. The second kappa shape index (κ2) is 7.34. The summed E-state index contributed by atoms with van der Waals surface area (Å²) in [6.45, 7) is 3.26. The zero-order chi connectivity index (χ0) is 15.4. The van der Waals surface area contributed by atoms with E-state index < -0.39 is 0 Å². The number of methoxy groups -OCH3 is 1. The Morgan fingerprint density at radius 3 is 2.82 bits per heavy atom. The second-order valence-corrected chi connectivity index (χ2v) is 6.53. The molecule has 2 saturated heterocycles. The van der Waals surface area contributed by atoms with Crippen molar-refractivity contribution in [3.8, 4) is 11.5 Å². The van der Waals surface area contributed by atoms with Crippen LogP contribution in [-0.4, -0.2) is 44.8 Å². The van der Waals surface area contributed by atoms with Crippen LogP contribution in [0.1, 0.15) is 43.7 Å². The Bertz CT molecular complexity index is 486. The summed E-state index contributed by atoms with van der Waals surface area (Å²) in [5.41, 5.74) is 1.26. The van der Waals surface area contributed by atoms with Gasteiger partial charge in [0.05, 0.1) is 7.11 Å². The van der Waals surface area contributed by atoms with Gasteiger partial charge in [-0.15, -0.1) is 0 Å². The molecule has 3 rings (SSSR count). The second-order valence-electron chi connectivity index (χ2n) is 6.53. The zero-order valence-corrected chi connectivity index (χ0v) is 13.8. The topological polar surface area (TPSA) is 33.7 Å². The molecule has 22 heavy (non-hydrogen) atoms. The molecule has 2 atom stereocenters. The highest BCUT2D eigenvalue weighted by atomic mass is 16.5. The van der Waals surface area contributed by atoms with E-state index in [4.69, 9.17) is 9.47 Å². The lowest BCUT2D eigenvalue weighted by atomic mass is 9.96. The van der Waals surface area contributed by atoms with Gasteiger partial charge in [0.15, 0.2) is 11.5 Å². The van der Waals surface area contributed by atoms with Gasteiger partial charge in [0, 0.05) is 18.2 Å². The lowest BCUT2D eigenvalue weighted by molar-refractivity contribution is 0.0994. The van der Waals surface area contributed by atoms with Crippen LogP contribution in [0.4, 0.5) is 0 Å². The zero-order valence-electron chi connectivity index (χ0n) is 13.8. The fourth-order valence-electron chi connectivity index (χ4n) is 3.59. The molecule has 0 saturated carbocycles. The molecule has 0 amide bonds. The molecule has 1 N–H and O–H groups in total. The van der Waals surface area contributed by atoms with Gasteiger partial charge in [0.1, 0.15) is 6.10 Å². The third kappa shape index (κ3) is 3.55. The van der Waals surface area contributed by atoms with Gasteiger partial charge < -0.3 is 19.7 Å². The van der Waals surface area contributed by atoms with E-state index in [0.29, 0.717) is 6.04 Å². The van der Waals surface area contributed by atoms with Gasteiger partial charge in [0.2, 0.25) is 0 Å². The van der Waals surface area contributed by atoms with E-state index in [1.807, 2.05) is 6.07 Å². The van der Waals surface area contributed by atoms with Crippen LogP contribution in [-0.2, 0) is 0 Å². The minimum atomic E-state index is 0.261. The van der Waals surface area contributed by atoms with Gasteiger partial charge >= 0.3 is 0 Å². The van der Waals surface area contributed by atoms with Gasteiger partial charge in [-0.2, -0.15) is 0 Å². The Balaban J connectivity index is 1.83. The van der Waals surface area contributed by atoms with Crippen molar-refractivity contribution in [1.29, 1.82) is 0 Å². The highest BCUT2D eigenvalue weighted by Crippen LogP contribution is 2.38. The molecule has 1 aromatic rings. The summed E-state index contributed by atoms with van der Waals surface area (Å²) >= 11 is 0. The first kappa shape index (κ1) is 15.6. The van der Waals surface area contributed by atoms with Crippen molar-refractivity contribution >= 4 is 0 Å². The quantitative estimate of drug-likeness (QED) is 0.927. The molecular formula is C18H28N2O2. The Morgan fingerprint density at radius 1 is 1.18 bits per heavy atom. The third-order valence-electron chi connectivity index (χ3n) is 4.78. The predicted octanol–water partition coefficient (Wildman–Crippen LogP) is 2.98. The first-order chi connectivity index (χ1) is 10.8.